The minimum absolute atomic E-state index is 0.0579. The number of benzene rings is 1. The number of thiophene rings is 1. The van der Waals surface area contributed by atoms with Crippen molar-refractivity contribution in [1.82, 2.24) is 19.8 Å². The van der Waals surface area contributed by atoms with Crippen LogP contribution in [0.15, 0.2) is 42.7 Å². The molecular formula is C28H33N5O2S. The van der Waals surface area contributed by atoms with Crippen molar-refractivity contribution in [2.24, 2.45) is 17.6 Å². The topological polar surface area (TPSA) is 92.4 Å². The molecule has 0 aliphatic carbocycles. The molecule has 7 nitrogen and oxygen atoms in total. The SMILES string of the molecule is Cc1cc([C@@H](CCN2CC3CN(C(=O)c4c(C)ncnc4C)CC3C2)c2ccccc2)c(C(N)=O)s1. The van der Waals surface area contributed by atoms with E-state index in [9.17, 15) is 9.59 Å². The van der Waals surface area contributed by atoms with Crippen LogP contribution in [0.3, 0.4) is 0 Å². The fraction of sp³-hybridized carbons (Fsp3) is 0.429. The van der Waals surface area contributed by atoms with E-state index >= 15 is 0 Å². The third-order valence-electron chi connectivity index (χ3n) is 7.71. The summed E-state index contributed by atoms with van der Waals surface area (Å²) in [6.45, 7) is 10.3. The molecule has 3 atom stereocenters. The van der Waals surface area contributed by atoms with Gasteiger partial charge in [-0.15, -0.1) is 11.3 Å². The van der Waals surface area contributed by atoms with Crippen molar-refractivity contribution in [2.75, 3.05) is 32.7 Å². The molecular weight excluding hydrogens is 470 g/mol. The fourth-order valence-corrected chi connectivity index (χ4v) is 6.91. The summed E-state index contributed by atoms with van der Waals surface area (Å²) >= 11 is 1.49. The van der Waals surface area contributed by atoms with Gasteiger partial charge >= 0.3 is 0 Å². The number of aryl methyl sites for hydroxylation is 3. The number of nitrogens with zero attached hydrogens (tertiary/aromatic N) is 4. The number of aromatic nitrogens is 2. The Kier molecular flexibility index (Phi) is 6.90. The second-order valence-corrected chi connectivity index (χ2v) is 11.4. The molecule has 0 saturated carbocycles. The zero-order chi connectivity index (χ0) is 25.4. The van der Waals surface area contributed by atoms with Crippen molar-refractivity contribution in [2.45, 2.75) is 33.1 Å². The molecule has 5 rings (SSSR count). The largest absolute Gasteiger partial charge is 0.365 e. The molecule has 3 aromatic rings. The fourth-order valence-electron chi connectivity index (χ4n) is 5.98. The summed E-state index contributed by atoms with van der Waals surface area (Å²) < 4.78 is 0. The van der Waals surface area contributed by atoms with Gasteiger partial charge in [-0.1, -0.05) is 30.3 Å². The standard InChI is InChI=1S/C28H33N5O2S/c1-17-11-24(26(36-17)27(29)34)23(20-7-5-4-6-8-20)9-10-32-12-21-14-33(15-22(21)13-32)28(35)25-18(2)30-16-31-19(25)3/h4-8,11,16,21-23H,9-10,12-15H2,1-3H3,(H2,29,34)/t21?,22?,23-/m0/s1. The van der Waals surface area contributed by atoms with Crippen molar-refractivity contribution in [1.29, 1.82) is 0 Å². The Morgan fingerprint density at radius 3 is 2.28 bits per heavy atom. The van der Waals surface area contributed by atoms with Gasteiger partial charge in [-0.3, -0.25) is 9.59 Å². The Hall–Kier alpha value is -3.10. The molecule has 0 radical (unpaired) electrons. The molecule has 36 heavy (non-hydrogen) atoms. The minimum Gasteiger partial charge on any atom is -0.365 e. The van der Waals surface area contributed by atoms with Crippen LogP contribution in [0.1, 0.15) is 59.8 Å². The van der Waals surface area contributed by atoms with Gasteiger partial charge in [0.15, 0.2) is 0 Å². The normalized spacial score (nSPS) is 20.5. The highest BCUT2D eigenvalue weighted by Gasteiger charge is 2.42. The van der Waals surface area contributed by atoms with Gasteiger partial charge in [-0.2, -0.15) is 0 Å². The maximum Gasteiger partial charge on any atom is 0.259 e. The molecule has 2 saturated heterocycles. The average molecular weight is 504 g/mol. The summed E-state index contributed by atoms with van der Waals surface area (Å²) in [6, 6.07) is 12.5. The first-order valence-electron chi connectivity index (χ1n) is 12.6. The predicted molar refractivity (Wildman–Crippen MR) is 141 cm³/mol. The Morgan fingerprint density at radius 2 is 1.67 bits per heavy atom. The first-order chi connectivity index (χ1) is 17.3. The second kappa shape index (κ2) is 10.1. The van der Waals surface area contributed by atoms with Gasteiger partial charge in [0.1, 0.15) is 6.33 Å². The maximum atomic E-state index is 13.2. The summed E-state index contributed by atoms with van der Waals surface area (Å²) in [5.41, 5.74) is 10.1. The van der Waals surface area contributed by atoms with Crippen LogP contribution >= 0.6 is 11.3 Å². The molecule has 0 bridgehead atoms. The molecule has 0 spiro atoms. The van der Waals surface area contributed by atoms with Gasteiger partial charge in [-0.05, 0) is 62.8 Å². The Morgan fingerprint density at radius 1 is 1.03 bits per heavy atom. The van der Waals surface area contributed by atoms with Gasteiger partial charge in [-0.25, -0.2) is 9.97 Å². The van der Waals surface area contributed by atoms with Crippen LogP contribution in [0.2, 0.25) is 0 Å². The van der Waals surface area contributed by atoms with E-state index in [1.807, 2.05) is 31.7 Å². The summed E-state index contributed by atoms with van der Waals surface area (Å²) in [5, 5.41) is 0. The number of nitrogens with two attached hydrogens (primary N) is 1. The van der Waals surface area contributed by atoms with Crippen molar-refractivity contribution >= 4 is 23.2 Å². The van der Waals surface area contributed by atoms with Gasteiger partial charge in [0.2, 0.25) is 0 Å². The number of carbonyl (C=O) groups is 2. The molecule has 2 N–H and O–H groups in total. The zero-order valence-corrected chi connectivity index (χ0v) is 21.9. The number of likely N-dealkylation sites (tertiary alicyclic amines) is 2. The van der Waals surface area contributed by atoms with Crippen LogP contribution in [-0.4, -0.2) is 64.3 Å². The van der Waals surface area contributed by atoms with Crippen molar-refractivity contribution in [3.63, 3.8) is 0 Å². The summed E-state index contributed by atoms with van der Waals surface area (Å²) in [6.07, 6.45) is 2.44. The molecule has 8 heteroatoms. The lowest BCUT2D eigenvalue weighted by Crippen LogP contribution is -2.34. The van der Waals surface area contributed by atoms with Gasteiger partial charge in [0.25, 0.3) is 11.8 Å². The Balaban J connectivity index is 1.25. The monoisotopic (exact) mass is 503 g/mol. The minimum atomic E-state index is -0.348. The summed E-state index contributed by atoms with van der Waals surface area (Å²) in [5.74, 6) is 0.806. The molecule has 188 valence electrons. The average Bonchev–Trinajstić information content (AvgIpc) is 3.53. The summed E-state index contributed by atoms with van der Waals surface area (Å²) in [7, 11) is 0. The van der Waals surface area contributed by atoms with E-state index in [4.69, 9.17) is 5.73 Å². The highest BCUT2D eigenvalue weighted by molar-refractivity contribution is 7.14. The van der Waals surface area contributed by atoms with Gasteiger partial charge < -0.3 is 15.5 Å². The maximum absolute atomic E-state index is 13.2. The second-order valence-electron chi connectivity index (χ2n) is 10.2. The first kappa shape index (κ1) is 24.6. The van der Waals surface area contributed by atoms with Crippen molar-refractivity contribution in [3.05, 3.63) is 80.6 Å². The van der Waals surface area contributed by atoms with Gasteiger partial charge in [0.05, 0.1) is 21.8 Å². The number of hydrogen-bond donors (Lipinski definition) is 1. The highest BCUT2D eigenvalue weighted by atomic mass is 32.1. The zero-order valence-electron chi connectivity index (χ0n) is 21.1. The lowest BCUT2D eigenvalue weighted by atomic mass is 9.88. The first-order valence-corrected chi connectivity index (χ1v) is 13.4. The number of carbonyl (C=O) groups excluding carboxylic acids is 2. The smallest absolute Gasteiger partial charge is 0.259 e. The number of amides is 2. The Labute approximate surface area is 216 Å². The molecule has 2 aliphatic rings. The Bertz CT molecular complexity index is 1240. The van der Waals surface area contributed by atoms with E-state index in [0.717, 1.165) is 61.0 Å². The molecule has 4 heterocycles. The van der Waals surface area contributed by atoms with Crippen molar-refractivity contribution < 1.29 is 9.59 Å². The van der Waals surface area contributed by atoms with Crippen LogP contribution in [0.25, 0.3) is 0 Å². The van der Waals surface area contributed by atoms with Crippen molar-refractivity contribution in [3.8, 4) is 0 Å². The summed E-state index contributed by atoms with van der Waals surface area (Å²) in [4.78, 5) is 40.1. The van der Waals surface area contributed by atoms with Crippen LogP contribution in [-0.2, 0) is 0 Å². The van der Waals surface area contributed by atoms with Crippen LogP contribution in [0.4, 0.5) is 0 Å². The molecule has 2 aromatic heterocycles. The van der Waals surface area contributed by atoms with E-state index in [-0.39, 0.29) is 17.7 Å². The van der Waals surface area contributed by atoms with Crippen LogP contribution in [0.5, 0.6) is 0 Å². The number of fused-ring (bicyclic) bond motifs is 1. The molecule has 2 unspecified atom stereocenters. The molecule has 2 aliphatic heterocycles. The third-order valence-corrected chi connectivity index (χ3v) is 8.79. The van der Waals surface area contributed by atoms with Gasteiger partial charge in [0, 0.05) is 37.0 Å². The van der Waals surface area contributed by atoms with E-state index in [0.29, 0.717) is 22.3 Å². The predicted octanol–water partition coefficient (Wildman–Crippen LogP) is 3.79. The number of hydrogen-bond acceptors (Lipinski definition) is 6. The molecule has 2 fully saturated rings. The third kappa shape index (κ3) is 4.80. The highest BCUT2D eigenvalue weighted by Crippen LogP contribution is 2.37. The molecule has 1 aromatic carbocycles. The quantitative estimate of drug-likeness (QED) is 0.530. The number of primary amides is 1. The lowest BCUT2D eigenvalue weighted by Gasteiger charge is -2.25. The van der Waals surface area contributed by atoms with E-state index in [1.165, 1.54) is 23.2 Å². The molecule has 2 amide bonds. The van der Waals surface area contributed by atoms with E-state index in [2.05, 4.69) is 45.2 Å². The van der Waals surface area contributed by atoms with Crippen LogP contribution < -0.4 is 5.73 Å². The van der Waals surface area contributed by atoms with E-state index < -0.39 is 0 Å². The van der Waals surface area contributed by atoms with E-state index in [1.54, 1.807) is 0 Å². The lowest BCUT2D eigenvalue weighted by molar-refractivity contribution is 0.0771. The number of rotatable bonds is 7. The van der Waals surface area contributed by atoms with Crippen LogP contribution in [0, 0.1) is 32.6 Å².